The van der Waals surface area contributed by atoms with E-state index in [1.54, 1.807) is 30.5 Å². The molecule has 2 saturated heterocycles. The van der Waals surface area contributed by atoms with Crippen molar-refractivity contribution in [2.45, 2.75) is 46.8 Å². The van der Waals surface area contributed by atoms with Gasteiger partial charge in [-0.15, -0.1) is 0 Å². The van der Waals surface area contributed by atoms with Crippen molar-refractivity contribution in [2.75, 3.05) is 39.9 Å². The van der Waals surface area contributed by atoms with Gasteiger partial charge in [-0.1, -0.05) is 6.07 Å². The summed E-state index contributed by atoms with van der Waals surface area (Å²) in [6.45, 7) is 1.46. The maximum Gasteiger partial charge on any atom is 0.245 e. The quantitative estimate of drug-likeness (QED) is 0.272. The van der Waals surface area contributed by atoms with Gasteiger partial charge in [-0.05, 0) is 50.6 Å². The summed E-state index contributed by atoms with van der Waals surface area (Å²) in [4.78, 5) is 7.44. The molecule has 0 unspecified atom stereocenters. The summed E-state index contributed by atoms with van der Waals surface area (Å²) >= 11 is 0. The Labute approximate surface area is 227 Å². The highest BCUT2D eigenvalue weighted by Gasteiger charge is 2.45. The second-order valence-electron chi connectivity index (χ2n) is 9.91. The number of rotatable bonds is 10. The zero-order valence-electron chi connectivity index (χ0n) is 21.5. The number of piperidine rings is 1. The molecule has 2 fully saturated rings. The fourth-order valence-corrected chi connectivity index (χ4v) is 7.50. The number of H-pyrrole nitrogens is 1. The molecule has 1 spiro atoms. The molecule has 2 aliphatic rings. The lowest BCUT2D eigenvalue weighted by Gasteiger charge is -2.37. The number of sulfonamides is 2. The summed E-state index contributed by atoms with van der Waals surface area (Å²) in [5.74, 6) is 0.346. The summed E-state index contributed by atoms with van der Waals surface area (Å²) in [5.41, 5.74) is 0.145. The van der Waals surface area contributed by atoms with Crippen LogP contribution in [0.15, 0.2) is 58.6 Å². The average Bonchev–Trinajstić information content (AvgIpc) is 3.56. The van der Waals surface area contributed by atoms with E-state index in [9.17, 15) is 21.9 Å². The minimum absolute atomic E-state index is 0.00898. The summed E-state index contributed by atoms with van der Waals surface area (Å²) < 4.78 is 66.1. The number of aromatic amines is 1. The van der Waals surface area contributed by atoms with E-state index in [-0.39, 0.29) is 29.0 Å². The molecule has 12 nitrogen and oxygen atoms in total. The van der Waals surface area contributed by atoms with Crippen LogP contribution in [0.5, 0.6) is 5.75 Å². The van der Waals surface area contributed by atoms with Crippen molar-refractivity contribution in [3.05, 3.63) is 48.8 Å². The van der Waals surface area contributed by atoms with Gasteiger partial charge >= 0.3 is 0 Å². The molecule has 39 heavy (non-hydrogen) atoms. The van der Waals surface area contributed by atoms with Crippen LogP contribution in [-0.4, -0.2) is 93.9 Å². The first-order chi connectivity index (χ1) is 18.6. The topological polar surface area (TPSA) is 163 Å². The van der Waals surface area contributed by atoms with Crippen molar-refractivity contribution in [2.24, 2.45) is 0 Å². The predicted octanol–water partition coefficient (Wildman–Crippen LogP) is 0.813. The Kier molecular flexibility index (Phi) is 7.97. The summed E-state index contributed by atoms with van der Waals surface area (Å²) in [6, 6.07) is 9.57. The fraction of sp³-hybridized carbons (Fsp3) is 0.480. The number of hydrogen-bond acceptors (Lipinski definition) is 9. The second-order valence-corrected chi connectivity index (χ2v) is 13.7. The first kappa shape index (κ1) is 28.0. The third-order valence-corrected chi connectivity index (χ3v) is 10.7. The lowest BCUT2D eigenvalue weighted by atomic mass is 9.88. The number of pyridine rings is 1. The van der Waals surface area contributed by atoms with Gasteiger partial charge in [0.1, 0.15) is 29.0 Å². The maximum absolute atomic E-state index is 13.3. The Morgan fingerprint density at radius 2 is 2.03 bits per heavy atom. The van der Waals surface area contributed by atoms with Gasteiger partial charge < -0.3 is 24.9 Å². The Hall–Kier alpha value is -2.59. The Morgan fingerprint density at radius 1 is 1.23 bits per heavy atom. The standard InChI is InChI=1S/C25H33N5O7S2/c1-26-38(32,33)21-5-2-4-20(12-21)36-17-19(31)14-28-18-13-25(37-16-18)7-10-30(11-8-25)39(34,35)23-15-29-24-22(23)6-3-9-27-24/h2-6,9,12,15,18-19,26,28,31H,7-8,10-11,13-14,16-17H2,1H3,(H,27,29)/t18-,19+/m1/s1. The number of aliphatic hydroxyl groups is 1. The van der Waals surface area contributed by atoms with Crippen LogP contribution in [0, 0.1) is 0 Å². The largest absolute Gasteiger partial charge is 0.491 e. The highest BCUT2D eigenvalue weighted by molar-refractivity contribution is 7.89. The number of ether oxygens (including phenoxy) is 2. The molecule has 4 N–H and O–H groups in total. The number of nitrogens with zero attached hydrogens (tertiary/aromatic N) is 2. The van der Waals surface area contributed by atoms with E-state index >= 15 is 0 Å². The molecule has 1 aromatic carbocycles. The minimum Gasteiger partial charge on any atom is -0.491 e. The Morgan fingerprint density at radius 3 is 2.79 bits per heavy atom. The smallest absolute Gasteiger partial charge is 0.245 e. The molecule has 4 heterocycles. The number of fused-ring (bicyclic) bond motifs is 1. The molecule has 0 aliphatic carbocycles. The van der Waals surface area contributed by atoms with E-state index in [0.717, 1.165) is 6.42 Å². The zero-order chi connectivity index (χ0) is 27.7. The van der Waals surface area contributed by atoms with Crippen LogP contribution in [0.2, 0.25) is 0 Å². The van der Waals surface area contributed by atoms with E-state index in [1.165, 1.54) is 29.7 Å². The number of aliphatic hydroxyl groups excluding tert-OH is 1. The maximum atomic E-state index is 13.3. The summed E-state index contributed by atoms with van der Waals surface area (Å²) in [6.07, 6.45) is 4.19. The third kappa shape index (κ3) is 5.96. The highest BCUT2D eigenvalue weighted by Crippen LogP contribution is 2.38. The summed E-state index contributed by atoms with van der Waals surface area (Å²) in [5, 5.41) is 14.3. The van der Waals surface area contributed by atoms with Gasteiger partial charge in [0.05, 0.1) is 17.1 Å². The van der Waals surface area contributed by atoms with E-state index < -0.39 is 31.8 Å². The number of nitrogens with one attached hydrogen (secondary N) is 3. The predicted molar refractivity (Wildman–Crippen MR) is 143 cm³/mol. The van der Waals surface area contributed by atoms with Crippen LogP contribution in [0.4, 0.5) is 0 Å². The number of hydrogen-bond donors (Lipinski definition) is 4. The van der Waals surface area contributed by atoms with Gasteiger partial charge in [0, 0.05) is 49.5 Å². The molecular formula is C25H33N5O7S2. The Balaban J connectivity index is 1.09. The van der Waals surface area contributed by atoms with Gasteiger partial charge in [0.15, 0.2) is 0 Å². The van der Waals surface area contributed by atoms with Crippen LogP contribution in [0.1, 0.15) is 19.3 Å². The van der Waals surface area contributed by atoms with Crippen molar-refractivity contribution < 1.29 is 31.4 Å². The van der Waals surface area contributed by atoms with Crippen molar-refractivity contribution in [1.82, 2.24) is 24.3 Å². The van der Waals surface area contributed by atoms with Crippen LogP contribution in [-0.2, 0) is 24.8 Å². The van der Waals surface area contributed by atoms with E-state index in [0.29, 0.717) is 49.3 Å². The molecule has 3 aromatic rings. The van der Waals surface area contributed by atoms with Gasteiger partial charge in [-0.3, -0.25) is 0 Å². The van der Waals surface area contributed by atoms with Gasteiger partial charge in [0.25, 0.3) is 0 Å². The molecule has 2 aromatic heterocycles. The van der Waals surface area contributed by atoms with Crippen LogP contribution >= 0.6 is 0 Å². The number of aromatic nitrogens is 2. The van der Waals surface area contributed by atoms with E-state index in [1.807, 2.05) is 0 Å². The lowest BCUT2D eigenvalue weighted by molar-refractivity contribution is -0.0312. The monoisotopic (exact) mass is 579 g/mol. The minimum atomic E-state index is -3.66. The molecule has 0 amide bonds. The van der Waals surface area contributed by atoms with Crippen molar-refractivity contribution in [1.29, 1.82) is 0 Å². The van der Waals surface area contributed by atoms with Crippen LogP contribution in [0.3, 0.4) is 0 Å². The first-order valence-electron chi connectivity index (χ1n) is 12.8. The Bertz CT molecular complexity index is 1520. The molecule has 5 rings (SSSR count). The lowest BCUT2D eigenvalue weighted by Crippen LogP contribution is -2.47. The average molecular weight is 580 g/mol. The third-order valence-electron chi connectivity index (χ3n) is 7.34. The normalized spacial score (nSPS) is 20.9. The molecule has 0 bridgehead atoms. The summed E-state index contributed by atoms with van der Waals surface area (Å²) in [7, 11) is -5.91. The van der Waals surface area contributed by atoms with E-state index in [4.69, 9.17) is 9.47 Å². The molecular weight excluding hydrogens is 546 g/mol. The fourth-order valence-electron chi connectivity index (χ4n) is 5.14. The number of benzene rings is 1. The second kappa shape index (κ2) is 11.1. The van der Waals surface area contributed by atoms with Crippen molar-refractivity contribution in [3.8, 4) is 5.75 Å². The molecule has 14 heteroatoms. The van der Waals surface area contributed by atoms with Gasteiger partial charge in [-0.2, -0.15) is 4.31 Å². The molecule has 212 valence electrons. The van der Waals surface area contributed by atoms with E-state index in [2.05, 4.69) is 20.0 Å². The zero-order valence-corrected chi connectivity index (χ0v) is 23.2. The molecule has 2 atom stereocenters. The van der Waals surface area contributed by atoms with Gasteiger partial charge in [-0.25, -0.2) is 26.5 Å². The SMILES string of the molecule is CNS(=O)(=O)c1cccc(OC[C@@H](O)CN[C@H]2COC3(CCN(S(=O)(=O)c4c[nH]c5ncccc45)CC3)C2)c1. The van der Waals surface area contributed by atoms with Crippen molar-refractivity contribution in [3.63, 3.8) is 0 Å². The molecule has 0 saturated carbocycles. The van der Waals surface area contributed by atoms with Crippen LogP contribution in [0.25, 0.3) is 11.0 Å². The molecule has 2 aliphatic heterocycles. The highest BCUT2D eigenvalue weighted by atomic mass is 32.2. The van der Waals surface area contributed by atoms with Crippen molar-refractivity contribution >= 4 is 31.1 Å². The van der Waals surface area contributed by atoms with Crippen LogP contribution < -0.4 is 14.8 Å². The first-order valence-corrected chi connectivity index (χ1v) is 15.7. The van der Waals surface area contributed by atoms with Gasteiger partial charge in [0.2, 0.25) is 20.0 Å². The molecule has 0 radical (unpaired) electrons.